The fourth-order valence-electron chi connectivity index (χ4n) is 3.65. The summed E-state index contributed by atoms with van der Waals surface area (Å²) in [6.07, 6.45) is 0.918. The minimum absolute atomic E-state index is 0.142. The second-order valence-corrected chi connectivity index (χ2v) is 8.56. The molecule has 1 aromatic heterocycles. The van der Waals surface area contributed by atoms with Crippen molar-refractivity contribution in [3.63, 3.8) is 0 Å². The van der Waals surface area contributed by atoms with Crippen LogP contribution in [-0.2, 0) is 9.59 Å². The van der Waals surface area contributed by atoms with Crippen LogP contribution in [0.3, 0.4) is 0 Å². The zero-order valence-corrected chi connectivity index (χ0v) is 18.4. The summed E-state index contributed by atoms with van der Waals surface area (Å²) in [5.41, 5.74) is 12.0. The number of aromatic nitrogens is 1. The number of rotatable bonds is 7. The molecule has 0 spiro atoms. The SMILES string of the molecule is Cc1nc(N=C(N)N)sc1C(=O)N1CCCC(C(=O)NC(CC(=O)[O-])c2ccccc2)C1. The number of likely N-dealkylation sites (tertiary alicyclic amines) is 1. The monoisotopic (exact) mass is 457 g/mol. The van der Waals surface area contributed by atoms with Crippen LogP contribution in [0.15, 0.2) is 35.3 Å². The average Bonchev–Trinajstić information content (AvgIpc) is 3.12. The topological polar surface area (TPSA) is 167 Å². The van der Waals surface area contributed by atoms with Crippen LogP contribution in [0, 0.1) is 12.8 Å². The molecule has 2 atom stereocenters. The number of nitrogens with two attached hydrogens (primary N) is 2. The Hall–Kier alpha value is -3.47. The molecule has 10 nitrogen and oxygen atoms in total. The van der Waals surface area contributed by atoms with Gasteiger partial charge in [0.1, 0.15) is 4.88 Å². The number of guanidine groups is 1. The second-order valence-electron chi connectivity index (χ2n) is 7.59. The lowest BCUT2D eigenvalue weighted by Gasteiger charge is -2.33. The molecule has 5 N–H and O–H groups in total. The Bertz CT molecular complexity index is 1020. The lowest BCUT2D eigenvalue weighted by molar-refractivity contribution is -0.306. The number of carboxylic acid groups (broad SMARTS) is 1. The highest BCUT2D eigenvalue weighted by molar-refractivity contribution is 7.17. The number of hydrogen-bond acceptors (Lipinski definition) is 7. The first-order chi connectivity index (χ1) is 15.2. The van der Waals surface area contributed by atoms with Crippen LogP contribution in [0.2, 0.25) is 0 Å². The Kier molecular flexibility index (Phi) is 7.41. The van der Waals surface area contributed by atoms with Gasteiger partial charge in [-0.2, -0.15) is 4.99 Å². The van der Waals surface area contributed by atoms with E-state index in [9.17, 15) is 19.5 Å². The van der Waals surface area contributed by atoms with Crippen molar-refractivity contribution in [3.05, 3.63) is 46.5 Å². The number of hydrogen-bond donors (Lipinski definition) is 3. The number of carboxylic acids is 1. The van der Waals surface area contributed by atoms with E-state index >= 15 is 0 Å². The molecule has 0 saturated carbocycles. The first-order valence-electron chi connectivity index (χ1n) is 10.2. The summed E-state index contributed by atoms with van der Waals surface area (Å²) in [4.78, 5) is 47.3. The largest absolute Gasteiger partial charge is 0.550 e. The highest BCUT2D eigenvalue weighted by Crippen LogP contribution is 2.28. The first kappa shape index (κ1) is 23.2. The number of carbonyl (C=O) groups is 3. The van der Waals surface area contributed by atoms with Crippen LogP contribution in [0.1, 0.15) is 46.2 Å². The van der Waals surface area contributed by atoms with E-state index in [0.717, 1.165) is 11.3 Å². The van der Waals surface area contributed by atoms with E-state index < -0.39 is 17.9 Å². The Labute approximate surface area is 189 Å². The molecule has 0 aliphatic carbocycles. The smallest absolute Gasteiger partial charge is 0.265 e. The van der Waals surface area contributed by atoms with Gasteiger partial charge >= 0.3 is 0 Å². The summed E-state index contributed by atoms with van der Waals surface area (Å²) in [5.74, 6) is -2.37. The van der Waals surface area contributed by atoms with Gasteiger partial charge in [0.2, 0.25) is 11.0 Å². The Balaban J connectivity index is 1.70. The molecule has 1 fully saturated rings. The van der Waals surface area contributed by atoms with Crippen LogP contribution in [0.4, 0.5) is 5.13 Å². The van der Waals surface area contributed by atoms with Gasteiger partial charge in [0.25, 0.3) is 5.91 Å². The molecular weight excluding hydrogens is 432 g/mol. The third-order valence-corrected chi connectivity index (χ3v) is 6.21. The summed E-state index contributed by atoms with van der Waals surface area (Å²) in [6, 6.07) is 8.17. The molecule has 2 unspecified atom stereocenters. The number of carbonyl (C=O) groups excluding carboxylic acids is 3. The van der Waals surface area contributed by atoms with Crippen molar-refractivity contribution in [1.29, 1.82) is 0 Å². The van der Waals surface area contributed by atoms with E-state index in [1.54, 1.807) is 36.1 Å². The summed E-state index contributed by atoms with van der Waals surface area (Å²) < 4.78 is 0. The molecule has 0 radical (unpaired) electrons. The molecule has 3 rings (SSSR count). The minimum Gasteiger partial charge on any atom is -0.550 e. The third-order valence-electron chi connectivity index (χ3n) is 5.17. The van der Waals surface area contributed by atoms with Crippen LogP contribution < -0.4 is 21.9 Å². The molecule has 1 aliphatic rings. The minimum atomic E-state index is -1.25. The van der Waals surface area contributed by atoms with Crippen molar-refractivity contribution in [2.45, 2.75) is 32.2 Å². The van der Waals surface area contributed by atoms with Gasteiger partial charge in [-0.15, -0.1) is 0 Å². The summed E-state index contributed by atoms with van der Waals surface area (Å²) >= 11 is 1.09. The molecule has 170 valence electrons. The van der Waals surface area contributed by atoms with Gasteiger partial charge in [-0.25, -0.2) is 4.98 Å². The predicted octanol–water partition coefficient (Wildman–Crippen LogP) is 0.206. The molecule has 32 heavy (non-hydrogen) atoms. The van der Waals surface area contributed by atoms with Gasteiger partial charge < -0.3 is 31.6 Å². The number of aliphatic carboxylic acids is 1. The van der Waals surface area contributed by atoms with E-state index in [-0.39, 0.29) is 30.7 Å². The van der Waals surface area contributed by atoms with Crippen molar-refractivity contribution in [3.8, 4) is 0 Å². The van der Waals surface area contributed by atoms with Gasteiger partial charge in [-0.1, -0.05) is 41.7 Å². The molecule has 1 aliphatic heterocycles. The van der Waals surface area contributed by atoms with Crippen LogP contribution >= 0.6 is 11.3 Å². The molecular formula is C21H25N6O4S-. The van der Waals surface area contributed by atoms with Crippen LogP contribution in [0.25, 0.3) is 0 Å². The predicted molar refractivity (Wildman–Crippen MR) is 118 cm³/mol. The number of nitrogens with one attached hydrogen (secondary N) is 1. The van der Waals surface area contributed by atoms with Gasteiger partial charge in [-0.05, 0) is 25.3 Å². The Morgan fingerprint density at radius 2 is 2.03 bits per heavy atom. The van der Waals surface area contributed by atoms with Crippen LogP contribution in [-0.4, -0.2) is 46.7 Å². The fraction of sp³-hybridized carbons (Fsp3) is 0.381. The molecule has 1 saturated heterocycles. The number of benzene rings is 1. The first-order valence-corrected chi connectivity index (χ1v) is 11.0. The standard InChI is InChI=1S/C21H26N6O4S/c1-12-17(32-21(24-12)26-20(22)23)19(31)27-9-5-8-14(11-27)18(30)25-15(10-16(28)29)13-6-3-2-4-7-13/h2-4,6-7,14-15H,5,8-11H2,1H3,(H,25,30)(H,28,29)(H4,22,23,24,26)/p-1. The summed E-state index contributed by atoms with van der Waals surface area (Å²) in [6.45, 7) is 2.44. The van der Waals surface area contributed by atoms with E-state index in [2.05, 4.69) is 15.3 Å². The van der Waals surface area contributed by atoms with Gasteiger partial charge in [0.15, 0.2) is 5.96 Å². The van der Waals surface area contributed by atoms with E-state index in [1.807, 2.05) is 6.07 Å². The molecule has 2 aromatic rings. The number of nitrogens with zero attached hydrogens (tertiary/aromatic N) is 3. The fourth-order valence-corrected chi connectivity index (χ4v) is 4.58. The number of aryl methyl sites for hydroxylation is 1. The summed E-state index contributed by atoms with van der Waals surface area (Å²) in [5, 5.41) is 14.3. The highest BCUT2D eigenvalue weighted by atomic mass is 32.1. The second kappa shape index (κ2) is 10.2. The number of thiazole rings is 1. The van der Waals surface area contributed by atoms with Gasteiger partial charge in [-0.3, -0.25) is 9.59 Å². The Morgan fingerprint density at radius 3 is 2.69 bits per heavy atom. The van der Waals surface area contributed by atoms with E-state index in [4.69, 9.17) is 11.5 Å². The van der Waals surface area contributed by atoms with Crippen molar-refractivity contribution in [1.82, 2.24) is 15.2 Å². The maximum Gasteiger partial charge on any atom is 0.265 e. The quantitative estimate of drug-likeness (QED) is 0.394. The molecule has 11 heteroatoms. The Morgan fingerprint density at radius 1 is 1.31 bits per heavy atom. The molecule has 0 bridgehead atoms. The number of amides is 2. The zero-order valence-electron chi connectivity index (χ0n) is 17.6. The maximum absolute atomic E-state index is 13.0. The molecule has 2 heterocycles. The van der Waals surface area contributed by atoms with Crippen molar-refractivity contribution < 1.29 is 19.5 Å². The van der Waals surface area contributed by atoms with Gasteiger partial charge in [0.05, 0.1) is 17.7 Å². The van der Waals surface area contributed by atoms with Gasteiger partial charge in [0, 0.05) is 25.5 Å². The summed E-state index contributed by atoms with van der Waals surface area (Å²) in [7, 11) is 0. The van der Waals surface area contributed by atoms with E-state index in [1.165, 1.54) is 0 Å². The normalized spacial score (nSPS) is 16.8. The zero-order chi connectivity index (χ0) is 23.3. The van der Waals surface area contributed by atoms with Crippen molar-refractivity contribution in [2.24, 2.45) is 22.4 Å². The van der Waals surface area contributed by atoms with Crippen molar-refractivity contribution in [2.75, 3.05) is 13.1 Å². The number of aliphatic imine (C=N–C) groups is 1. The lowest BCUT2D eigenvalue weighted by Crippen LogP contribution is -2.46. The molecule has 1 aromatic carbocycles. The maximum atomic E-state index is 13.0. The average molecular weight is 458 g/mol. The van der Waals surface area contributed by atoms with Crippen LogP contribution in [0.5, 0.6) is 0 Å². The van der Waals surface area contributed by atoms with Crippen molar-refractivity contribution >= 4 is 40.2 Å². The number of piperidine rings is 1. The third kappa shape index (κ3) is 5.82. The van der Waals surface area contributed by atoms with E-state index in [0.29, 0.717) is 40.7 Å². The molecule has 2 amide bonds. The lowest BCUT2D eigenvalue weighted by atomic mass is 9.95. The highest BCUT2D eigenvalue weighted by Gasteiger charge is 2.31.